The number of carboxylic acid groups (broad SMARTS) is 1. The third-order valence-electron chi connectivity index (χ3n) is 2.96. The van der Waals surface area contributed by atoms with Crippen LogP contribution in [0, 0.1) is 0 Å². The number of allylic oxidation sites excluding steroid dienone is 10. The molecule has 122 valence electrons. The molecule has 0 unspecified atom stereocenters. The number of unbranched alkanes of at least 4 members (excludes halogenated alkanes) is 4. The van der Waals surface area contributed by atoms with Crippen LogP contribution in [0.2, 0.25) is 0 Å². The molecule has 0 atom stereocenters. The summed E-state index contributed by atoms with van der Waals surface area (Å²) in [7, 11) is 0. The van der Waals surface area contributed by atoms with Gasteiger partial charge in [0.1, 0.15) is 0 Å². The van der Waals surface area contributed by atoms with Gasteiger partial charge in [0.15, 0.2) is 0 Å². The quantitative estimate of drug-likeness (QED) is 0.335. The topological polar surface area (TPSA) is 37.3 Å². The maximum absolute atomic E-state index is 10.3. The zero-order chi connectivity index (χ0) is 16.3. The van der Waals surface area contributed by atoms with Crippen molar-refractivity contribution < 1.29 is 9.90 Å². The normalized spacial score (nSPS) is 12.8. The predicted molar refractivity (Wildman–Crippen MR) is 95.9 cm³/mol. The highest BCUT2D eigenvalue weighted by molar-refractivity contribution is 5.66. The first-order valence-electron chi connectivity index (χ1n) is 8.29. The summed E-state index contributed by atoms with van der Waals surface area (Å²) in [6, 6.07) is 0. The van der Waals surface area contributed by atoms with Crippen LogP contribution in [0.4, 0.5) is 0 Å². The van der Waals surface area contributed by atoms with Gasteiger partial charge in [0, 0.05) is 6.42 Å². The maximum atomic E-state index is 10.3. The minimum Gasteiger partial charge on any atom is -0.481 e. The number of carbonyl (C=O) groups is 1. The molecule has 2 heteroatoms. The van der Waals surface area contributed by atoms with Crippen molar-refractivity contribution in [3.8, 4) is 0 Å². The fourth-order valence-corrected chi connectivity index (χ4v) is 1.73. The number of carboxylic acids is 1. The summed E-state index contributed by atoms with van der Waals surface area (Å²) < 4.78 is 0. The third-order valence-corrected chi connectivity index (χ3v) is 2.96. The van der Waals surface area contributed by atoms with Crippen LogP contribution in [0.25, 0.3) is 0 Å². The van der Waals surface area contributed by atoms with Crippen molar-refractivity contribution in [1.82, 2.24) is 0 Å². The molecule has 0 spiro atoms. The highest BCUT2D eigenvalue weighted by Gasteiger charge is 1.93. The molecule has 22 heavy (non-hydrogen) atoms. The summed E-state index contributed by atoms with van der Waals surface area (Å²) in [5.74, 6) is -0.708. The number of hydrogen-bond donors (Lipinski definition) is 1. The van der Waals surface area contributed by atoms with Crippen molar-refractivity contribution in [2.45, 2.75) is 58.3 Å². The molecule has 1 N–H and O–H groups in total. The number of hydrogen-bond acceptors (Lipinski definition) is 1. The van der Waals surface area contributed by atoms with E-state index in [2.05, 4.69) is 49.5 Å². The molecule has 0 aliphatic carbocycles. The van der Waals surface area contributed by atoms with Gasteiger partial charge in [-0.2, -0.15) is 0 Å². The fraction of sp³-hybridized carbons (Fsp3) is 0.450. The lowest BCUT2D eigenvalue weighted by Crippen LogP contribution is -1.92. The van der Waals surface area contributed by atoms with Gasteiger partial charge in [-0.1, -0.05) is 74.1 Å². The summed E-state index contributed by atoms with van der Waals surface area (Å²) in [6.45, 7) is 2.18. The van der Waals surface area contributed by atoms with Gasteiger partial charge >= 0.3 is 5.97 Å². The first kappa shape index (κ1) is 20.2. The minimum atomic E-state index is -0.708. The van der Waals surface area contributed by atoms with Crippen molar-refractivity contribution in [3.05, 3.63) is 60.8 Å². The molecule has 0 bridgehead atoms. The maximum Gasteiger partial charge on any atom is 0.303 e. The largest absolute Gasteiger partial charge is 0.481 e. The second-order valence-corrected chi connectivity index (χ2v) is 5.10. The Bertz CT molecular complexity index is 398. The summed E-state index contributed by atoms with van der Waals surface area (Å²) in [5.41, 5.74) is 0. The Hall–Kier alpha value is -1.83. The van der Waals surface area contributed by atoms with Crippen LogP contribution in [0.15, 0.2) is 60.8 Å². The lowest BCUT2D eigenvalue weighted by Gasteiger charge is -1.91. The number of aliphatic carboxylic acids is 1. The van der Waals surface area contributed by atoms with Gasteiger partial charge in [0.2, 0.25) is 0 Å². The SMILES string of the molecule is CCC/C=C/C=C/CC/C=C/C=C/C=C/CCCCC(=O)O. The molecule has 0 aromatic rings. The van der Waals surface area contributed by atoms with Crippen LogP contribution < -0.4 is 0 Å². The lowest BCUT2D eigenvalue weighted by molar-refractivity contribution is -0.137. The van der Waals surface area contributed by atoms with Gasteiger partial charge in [0.25, 0.3) is 0 Å². The Morgan fingerprint density at radius 3 is 1.77 bits per heavy atom. The molecule has 0 aliphatic rings. The van der Waals surface area contributed by atoms with Gasteiger partial charge in [-0.15, -0.1) is 0 Å². The van der Waals surface area contributed by atoms with Gasteiger partial charge in [-0.25, -0.2) is 0 Å². The monoisotopic (exact) mass is 302 g/mol. The Balaban J connectivity index is 3.49. The molecule has 0 radical (unpaired) electrons. The Kier molecular flexibility index (Phi) is 15.8. The van der Waals surface area contributed by atoms with Crippen molar-refractivity contribution in [1.29, 1.82) is 0 Å². The molecule has 0 saturated heterocycles. The highest BCUT2D eigenvalue weighted by Crippen LogP contribution is 2.00. The molecule has 0 amide bonds. The van der Waals surface area contributed by atoms with Crippen molar-refractivity contribution >= 4 is 5.97 Å². The molecule has 0 aromatic carbocycles. The van der Waals surface area contributed by atoms with E-state index in [4.69, 9.17) is 5.11 Å². The van der Waals surface area contributed by atoms with Gasteiger partial charge in [-0.3, -0.25) is 4.79 Å². The molecule has 0 aromatic heterocycles. The van der Waals surface area contributed by atoms with E-state index in [0.29, 0.717) is 0 Å². The summed E-state index contributed by atoms with van der Waals surface area (Å²) in [6.07, 6.45) is 28.4. The molecular weight excluding hydrogens is 272 g/mol. The van der Waals surface area contributed by atoms with E-state index in [1.165, 1.54) is 6.42 Å². The molecule has 0 saturated carbocycles. The summed E-state index contributed by atoms with van der Waals surface area (Å²) >= 11 is 0. The van der Waals surface area contributed by atoms with Crippen LogP contribution in [-0.4, -0.2) is 11.1 Å². The van der Waals surface area contributed by atoms with Crippen molar-refractivity contribution in [3.63, 3.8) is 0 Å². The van der Waals surface area contributed by atoms with E-state index in [1.807, 2.05) is 18.2 Å². The molecule has 0 aliphatic heterocycles. The molecular formula is C20H30O2. The van der Waals surface area contributed by atoms with E-state index in [9.17, 15) is 4.79 Å². The van der Waals surface area contributed by atoms with E-state index in [0.717, 1.165) is 38.5 Å². The van der Waals surface area contributed by atoms with Gasteiger partial charge < -0.3 is 5.11 Å². The van der Waals surface area contributed by atoms with E-state index in [-0.39, 0.29) is 6.42 Å². The smallest absolute Gasteiger partial charge is 0.303 e. The Morgan fingerprint density at radius 2 is 1.23 bits per heavy atom. The van der Waals surface area contributed by atoms with Crippen LogP contribution >= 0.6 is 0 Å². The third kappa shape index (κ3) is 18.2. The average Bonchev–Trinajstić information content (AvgIpc) is 2.50. The van der Waals surface area contributed by atoms with Gasteiger partial charge in [-0.05, 0) is 38.5 Å². The predicted octanol–water partition coefficient (Wildman–Crippen LogP) is 5.99. The second-order valence-electron chi connectivity index (χ2n) is 5.10. The van der Waals surface area contributed by atoms with Gasteiger partial charge in [0.05, 0.1) is 0 Å². The minimum absolute atomic E-state index is 0.273. The first-order chi connectivity index (χ1) is 10.8. The molecule has 0 fully saturated rings. The van der Waals surface area contributed by atoms with Crippen molar-refractivity contribution in [2.75, 3.05) is 0 Å². The first-order valence-corrected chi connectivity index (χ1v) is 8.29. The second kappa shape index (κ2) is 17.2. The van der Waals surface area contributed by atoms with E-state index in [1.54, 1.807) is 0 Å². The van der Waals surface area contributed by atoms with E-state index >= 15 is 0 Å². The van der Waals surface area contributed by atoms with Crippen LogP contribution in [0.3, 0.4) is 0 Å². The highest BCUT2D eigenvalue weighted by atomic mass is 16.4. The van der Waals surface area contributed by atoms with Crippen molar-refractivity contribution in [2.24, 2.45) is 0 Å². The standard InChI is InChI=1S/C20H30O2/c1-2-3-4-5-6-7-8-9-10-11-12-13-14-15-16-17-18-19-20(21)22/h4-7,10-15H,2-3,8-9,16-19H2,1H3,(H,21,22)/b5-4+,7-6+,11-10+,13-12+,15-14+. The molecule has 0 rings (SSSR count). The average molecular weight is 302 g/mol. The van der Waals surface area contributed by atoms with E-state index < -0.39 is 5.97 Å². The summed E-state index contributed by atoms with van der Waals surface area (Å²) in [4.78, 5) is 10.3. The summed E-state index contributed by atoms with van der Waals surface area (Å²) in [5, 5.41) is 8.49. The molecule has 0 heterocycles. The Morgan fingerprint density at radius 1 is 0.727 bits per heavy atom. The fourth-order valence-electron chi connectivity index (χ4n) is 1.73. The number of rotatable bonds is 13. The van der Waals surface area contributed by atoms with Crippen LogP contribution in [0.5, 0.6) is 0 Å². The molecule has 2 nitrogen and oxygen atoms in total. The van der Waals surface area contributed by atoms with Crippen LogP contribution in [0.1, 0.15) is 58.3 Å². The Labute approximate surface area is 135 Å². The zero-order valence-corrected chi connectivity index (χ0v) is 13.8. The van der Waals surface area contributed by atoms with Crippen LogP contribution in [-0.2, 0) is 4.79 Å². The lowest BCUT2D eigenvalue weighted by atomic mass is 10.2. The zero-order valence-electron chi connectivity index (χ0n) is 13.8.